The molecule has 184 valence electrons. The fraction of sp³-hybridized carbons (Fsp3) is 0.150. The van der Waals surface area contributed by atoms with Gasteiger partial charge in [0.15, 0.2) is 11.6 Å². The standard InChI is InChI=1S/C20H20N6O5.HNO3/c1-30-13-7-3-11(4-8-13)23-17(27)15-16(24-25-20(21)22)19(29)26(18(15)28)12-5-9-14(31-2)10-6-12;2-1(3)4/h3-10,15H,1-2H3,(H,23,27)(H4,21,22,25);(H,2,3,4)/b24-16+;. The molecule has 3 rings (SSSR count). The predicted octanol–water partition coefficient (Wildman–Crippen LogP) is 0.114. The number of benzene rings is 2. The van der Waals surface area contributed by atoms with E-state index < -0.39 is 40.4 Å². The summed E-state index contributed by atoms with van der Waals surface area (Å²) in [6.07, 6.45) is 0. The van der Waals surface area contributed by atoms with Gasteiger partial charge in [-0.1, -0.05) is 0 Å². The molecule has 15 nitrogen and oxygen atoms in total. The molecule has 35 heavy (non-hydrogen) atoms. The first kappa shape index (κ1) is 26.0. The summed E-state index contributed by atoms with van der Waals surface area (Å²) in [7, 11) is 3.00. The molecule has 1 atom stereocenters. The highest BCUT2D eigenvalue weighted by atomic mass is 16.9. The summed E-state index contributed by atoms with van der Waals surface area (Å²) >= 11 is 0. The zero-order valence-electron chi connectivity index (χ0n) is 18.4. The van der Waals surface area contributed by atoms with E-state index in [0.29, 0.717) is 17.2 Å². The van der Waals surface area contributed by atoms with E-state index in [1.54, 1.807) is 36.4 Å². The molecule has 1 aliphatic heterocycles. The molecule has 0 aliphatic carbocycles. The van der Waals surface area contributed by atoms with Gasteiger partial charge in [-0.05, 0) is 48.5 Å². The average Bonchev–Trinajstić information content (AvgIpc) is 3.07. The molecule has 1 heterocycles. The Morgan fingerprint density at radius 1 is 1.06 bits per heavy atom. The van der Waals surface area contributed by atoms with Crippen molar-refractivity contribution in [2.24, 2.45) is 27.6 Å². The van der Waals surface area contributed by atoms with Crippen LogP contribution in [0.1, 0.15) is 0 Å². The van der Waals surface area contributed by atoms with Crippen molar-refractivity contribution in [3.8, 4) is 11.5 Å². The lowest BCUT2D eigenvalue weighted by Gasteiger charge is -2.14. The first-order valence-corrected chi connectivity index (χ1v) is 9.56. The van der Waals surface area contributed by atoms with E-state index in [4.69, 9.17) is 36.3 Å². The second-order valence-corrected chi connectivity index (χ2v) is 6.58. The van der Waals surface area contributed by atoms with E-state index in [1.165, 1.54) is 26.4 Å². The molecule has 1 fully saturated rings. The number of nitrogens with two attached hydrogens (primary N) is 2. The van der Waals surface area contributed by atoms with Gasteiger partial charge in [0.05, 0.1) is 19.9 Å². The number of nitrogens with zero attached hydrogens (tertiary/aromatic N) is 4. The van der Waals surface area contributed by atoms with Crippen LogP contribution < -0.4 is 31.2 Å². The van der Waals surface area contributed by atoms with Gasteiger partial charge in [0.2, 0.25) is 11.9 Å². The van der Waals surface area contributed by atoms with Crippen molar-refractivity contribution in [2.75, 3.05) is 24.4 Å². The number of hydrogen-bond donors (Lipinski definition) is 4. The van der Waals surface area contributed by atoms with E-state index in [9.17, 15) is 14.4 Å². The van der Waals surface area contributed by atoms with E-state index in [-0.39, 0.29) is 5.69 Å². The average molecular weight is 487 g/mol. The first-order chi connectivity index (χ1) is 16.6. The third-order valence-electron chi connectivity index (χ3n) is 4.39. The molecule has 1 aliphatic rings. The monoisotopic (exact) mass is 487 g/mol. The number of carbonyl (C=O) groups excluding carboxylic acids is 3. The minimum absolute atomic E-state index is 0.243. The number of carbonyl (C=O) groups is 3. The first-order valence-electron chi connectivity index (χ1n) is 9.56. The van der Waals surface area contributed by atoms with Gasteiger partial charge in [-0.15, -0.1) is 20.3 Å². The van der Waals surface area contributed by atoms with Gasteiger partial charge in [0.1, 0.15) is 11.5 Å². The van der Waals surface area contributed by atoms with E-state index in [1.807, 2.05) is 0 Å². The fourth-order valence-corrected chi connectivity index (χ4v) is 2.90. The van der Waals surface area contributed by atoms with Gasteiger partial charge in [-0.25, -0.2) is 4.90 Å². The van der Waals surface area contributed by atoms with Crippen molar-refractivity contribution in [1.82, 2.24) is 0 Å². The Morgan fingerprint density at radius 2 is 1.54 bits per heavy atom. The summed E-state index contributed by atoms with van der Waals surface area (Å²) in [4.78, 5) is 48.1. The fourth-order valence-electron chi connectivity index (χ4n) is 2.90. The Morgan fingerprint density at radius 3 is 2.00 bits per heavy atom. The maximum Gasteiger partial charge on any atom is 0.291 e. The molecular formula is C20H21N7O8. The van der Waals surface area contributed by atoms with Crippen LogP contribution in [0.4, 0.5) is 11.4 Å². The SMILES string of the molecule is COc1ccc(NC(=O)C2C(=O)N(c3ccc(OC)cc3)C(=O)/C2=N/N=C(N)N)cc1.O=[N+]([O-])O. The maximum absolute atomic E-state index is 13.1. The van der Waals surface area contributed by atoms with Gasteiger partial charge >= 0.3 is 0 Å². The number of anilines is 2. The second kappa shape index (κ2) is 11.6. The zero-order chi connectivity index (χ0) is 26.1. The smallest absolute Gasteiger partial charge is 0.291 e. The zero-order valence-corrected chi connectivity index (χ0v) is 18.4. The number of amides is 3. The summed E-state index contributed by atoms with van der Waals surface area (Å²) in [6.45, 7) is 0. The molecule has 2 aromatic rings. The van der Waals surface area contributed by atoms with Crippen molar-refractivity contribution in [2.45, 2.75) is 0 Å². The number of hydrogen-bond acceptors (Lipinski definition) is 9. The number of rotatable bonds is 6. The highest BCUT2D eigenvalue weighted by Crippen LogP contribution is 2.28. The minimum Gasteiger partial charge on any atom is -0.497 e. The van der Waals surface area contributed by atoms with Crippen molar-refractivity contribution in [3.63, 3.8) is 0 Å². The van der Waals surface area contributed by atoms with Crippen LogP contribution in [0.15, 0.2) is 58.7 Å². The van der Waals surface area contributed by atoms with Crippen LogP contribution in [-0.2, 0) is 14.4 Å². The molecule has 0 spiro atoms. The molecule has 1 saturated heterocycles. The molecule has 0 saturated carbocycles. The normalized spacial score (nSPS) is 15.7. The topological polar surface area (TPSA) is 225 Å². The number of guanidine groups is 1. The number of imide groups is 1. The minimum atomic E-state index is -1.54. The molecular weight excluding hydrogens is 466 g/mol. The lowest BCUT2D eigenvalue weighted by atomic mass is 10.0. The maximum atomic E-state index is 13.1. The number of nitrogens with one attached hydrogen (secondary N) is 1. The summed E-state index contributed by atoms with van der Waals surface area (Å²) in [5, 5.41) is 23.4. The third-order valence-corrected chi connectivity index (χ3v) is 4.39. The van der Waals surface area contributed by atoms with Crippen molar-refractivity contribution in [3.05, 3.63) is 58.6 Å². The Bertz CT molecular complexity index is 1160. The molecule has 0 radical (unpaired) electrons. The Hall–Kier alpha value is -5.21. The molecule has 0 aromatic heterocycles. The van der Waals surface area contributed by atoms with Gasteiger partial charge in [-0.2, -0.15) is 0 Å². The summed E-state index contributed by atoms with van der Waals surface area (Å²) in [5.41, 5.74) is 10.8. The van der Waals surface area contributed by atoms with Gasteiger partial charge in [-0.3, -0.25) is 14.4 Å². The van der Waals surface area contributed by atoms with Crippen LogP contribution in [-0.4, -0.2) is 53.9 Å². The highest BCUT2D eigenvalue weighted by Gasteiger charge is 2.50. The summed E-state index contributed by atoms with van der Waals surface area (Å²) < 4.78 is 10.2. The van der Waals surface area contributed by atoms with Crippen molar-refractivity contribution < 1.29 is 34.2 Å². The molecule has 15 heteroatoms. The Balaban J connectivity index is 0.00000100. The summed E-state index contributed by atoms with van der Waals surface area (Å²) in [6, 6.07) is 12.6. The highest BCUT2D eigenvalue weighted by molar-refractivity contribution is 6.61. The molecule has 6 N–H and O–H groups in total. The molecule has 3 amide bonds. The van der Waals surface area contributed by atoms with Crippen LogP contribution in [0.25, 0.3) is 0 Å². The lowest BCUT2D eigenvalue weighted by molar-refractivity contribution is -0.742. The Labute approximate surface area is 197 Å². The lowest BCUT2D eigenvalue weighted by Crippen LogP contribution is -2.34. The Kier molecular flexibility index (Phi) is 8.63. The van der Waals surface area contributed by atoms with Crippen molar-refractivity contribution >= 4 is 40.8 Å². The molecule has 0 bridgehead atoms. The molecule has 2 aromatic carbocycles. The van der Waals surface area contributed by atoms with Gasteiger partial charge < -0.3 is 31.5 Å². The van der Waals surface area contributed by atoms with E-state index >= 15 is 0 Å². The summed E-state index contributed by atoms with van der Waals surface area (Å²) in [5.74, 6) is -3.20. The predicted molar refractivity (Wildman–Crippen MR) is 123 cm³/mol. The number of methoxy groups -OCH3 is 2. The van der Waals surface area contributed by atoms with Crippen LogP contribution >= 0.6 is 0 Å². The van der Waals surface area contributed by atoms with Crippen LogP contribution in [0.2, 0.25) is 0 Å². The van der Waals surface area contributed by atoms with Gasteiger partial charge in [0.25, 0.3) is 16.9 Å². The quantitative estimate of drug-likeness (QED) is 0.107. The second-order valence-electron chi connectivity index (χ2n) is 6.58. The molecule has 1 unspecified atom stereocenters. The largest absolute Gasteiger partial charge is 0.497 e. The third kappa shape index (κ3) is 6.64. The van der Waals surface area contributed by atoms with E-state index in [2.05, 4.69) is 15.5 Å². The van der Waals surface area contributed by atoms with Crippen LogP contribution in [0.3, 0.4) is 0 Å². The van der Waals surface area contributed by atoms with Crippen LogP contribution in [0, 0.1) is 16.0 Å². The van der Waals surface area contributed by atoms with Gasteiger partial charge in [0, 0.05) is 5.69 Å². The van der Waals surface area contributed by atoms with Crippen molar-refractivity contribution in [1.29, 1.82) is 0 Å². The number of ether oxygens (including phenoxy) is 2. The van der Waals surface area contributed by atoms with E-state index in [0.717, 1.165) is 4.90 Å². The van der Waals surface area contributed by atoms with Crippen LogP contribution in [0.5, 0.6) is 11.5 Å².